The monoisotopic (exact) mass is 428 g/mol. The molecule has 1 aromatic heterocycles. The molecule has 3 rings (SSSR count). The van der Waals surface area contributed by atoms with E-state index >= 15 is 0 Å². The third kappa shape index (κ3) is 5.21. The minimum absolute atomic E-state index is 0.0176. The summed E-state index contributed by atoms with van der Waals surface area (Å²) in [6, 6.07) is 11.6. The Balaban J connectivity index is 1.62. The van der Waals surface area contributed by atoms with Gasteiger partial charge in [0.2, 0.25) is 5.91 Å². The molecule has 0 radical (unpaired) electrons. The minimum atomic E-state index is -0.648. The molecule has 0 aliphatic heterocycles. The van der Waals surface area contributed by atoms with Gasteiger partial charge in [-0.2, -0.15) is 0 Å². The van der Waals surface area contributed by atoms with Crippen LogP contribution < -0.4 is 9.64 Å². The summed E-state index contributed by atoms with van der Waals surface area (Å²) < 4.78 is 23.8. The van der Waals surface area contributed by atoms with Crippen LogP contribution in [0.3, 0.4) is 0 Å². The molecular formula is C22H21FN2O4S. The smallest absolute Gasteiger partial charge is 0.344 e. The molecule has 0 fully saturated rings. The van der Waals surface area contributed by atoms with Crippen LogP contribution in [0.5, 0.6) is 5.75 Å². The Labute approximate surface area is 177 Å². The second-order valence-electron chi connectivity index (χ2n) is 6.65. The van der Waals surface area contributed by atoms with Crippen molar-refractivity contribution in [1.82, 2.24) is 4.98 Å². The normalized spacial score (nSPS) is 10.5. The molecule has 1 amide bonds. The Bertz CT molecular complexity index is 1070. The molecule has 0 saturated heterocycles. The van der Waals surface area contributed by atoms with E-state index in [1.807, 2.05) is 32.0 Å². The summed E-state index contributed by atoms with van der Waals surface area (Å²) >= 11 is 1.28. The Hall–Kier alpha value is -3.26. The van der Waals surface area contributed by atoms with Crippen LogP contribution in [0.4, 0.5) is 15.2 Å². The van der Waals surface area contributed by atoms with Crippen molar-refractivity contribution in [2.75, 3.05) is 11.5 Å². The summed E-state index contributed by atoms with van der Waals surface area (Å²) in [7, 11) is 0. The number of rotatable bonds is 7. The molecule has 0 saturated carbocycles. The zero-order valence-electron chi connectivity index (χ0n) is 16.8. The van der Waals surface area contributed by atoms with Crippen LogP contribution in [0, 0.1) is 19.7 Å². The SMILES string of the molecule is CC(=O)N(c1nc(COC(=O)COc2ccccc2F)cs1)c1ccc(C)cc1C. The predicted molar refractivity (Wildman–Crippen MR) is 113 cm³/mol. The van der Waals surface area contributed by atoms with Gasteiger partial charge in [0.15, 0.2) is 23.3 Å². The molecule has 6 nitrogen and oxygen atoms in total. The maximum atomic E-state index is 13.5. The van der Waals surface area contributed by atoms with E-state index in [4.69, 9.17) is 9.47 Å². The summed E-state index contributed by atoms with van der Waals surface area (Å²) in [4.78, 5) is 30.1. The van der Waals surface area contributed by atoms with Gasteiger partial charge in [-0.05, 0) is 37.6 Å². The number of halogens is 1. The third-order valence-corrected chi connectivity index (χ3v) is 5.08. The third-order valence-electron chi connectivity index (χ3n) is 4.20. The van der Waals surface area contributed by atoms with Crippen molar-refractivity contribution in [3.63, 3.8) is 0 Å². The number of aryl methyl sites for hydroxylation is 2. The minimum Gasteiger partial charge on any atom is -0.479 e. The van der Waals surface area contributed by atoms with Crippen LogP contribution in [-0.4, -0.2) is 23.5 Å². The lowest BCUT2D eigenvalue weighted by atomic mass is 10.1. The lowest BCUT2D eigenvalue weighted by Crippen LogP contribution is -2.23. The van der Waals surface area contributed by atoms with E-state index < -0.39 is 18.4 Å². The Kier molecular flexibility index (Phi) is 6.79. The van der Waals surface area contributed by atoms with Gasteiger partial charge in [-0.1, -0.05) is 29.8 Å². The van der Waals surface area contributed by atoms with Crippen LogP contribution in [0.25, 0.3) is 0 Å². The summed E-state index contributed by atoms with van der Waals surface area (Å²) in [6.45, 7) is 4.90. The molecule has 0 bridgehead atoms. The largest absolute Gasteiger partial charge is 0.479 e. The summed E-state index contributed by atoms with van der Waals surface area (Å²) in [5.74, 6) is -1.38. The zero-order valence-corrected chi connectivity index (χ0v) is 17.7. The molecule has 8 heteroatoms. The summed E-state index contributed by atoms with van der Waals surface area (Å²) in [6.07, 6.45) is 0. The highest BCUT2D eigenvalue weighted by atomic mass is 32.1. The van der Waals surface area contributed by atoms with Crippen molar-refractivity contribution in [3.8, 4) is 5.75 Å². The van der Waals surface area contributed by atoms with Crippen LogP contribution in [0.2, 0.25) is 0 Å². The fourth-order valence-electron chi connectivity index (χ4n) is 2.82. The van der Waals surface area contributed by atoms with Crippen molar-refractivity contribution < 1.29 is 23.5 Å². The summed E-state index contributed by atoms with van der Waals surface area (Å²) in [5.41, 5.74) is 3.32. The maximum absolute atomic E-state index is 13.5. The second-order valence-corrected chi connectivity index (χ2v) is 7.48. The number of benzene rings is 2. The number of carbonyl (C=O) groups is 2. The number of ether oxygens (including phenoxy) is 2. The van der Waals surface area contributed by atoms with Crippen molar-refractivity contribution in [1.29, 1.82) is 0 Å². The fourth-order valence-corrected chi connectivity index (χ4v) is 3.69. The molecule has 0 spiro atoms. The quantitative estimate of drug-likeness (QED) is 0.510. The highest BCUT2D eigenvalue weighted by Gasteiger charge is 2.20. The number of thiazole rings is 1. The molecule has 0 atom stereocenters. The van der Waals surface area contributed by atoms with Crippen molar-refractivity contribution in [2.24, 2.45) is 0 Å². The highest BCUT2D eigenvalue weighted by molar-refractivity contribution is 7.14. The van der Waals surface area contributed by atoms with E-state index in [0.29, 0.717) is 10.8 Å². The average molecular weight is 428 g/mol. The molecule has 0 N–H and O–H groups in total. The van der Waals surface area contributed by atoms with Gasteiger partial charge in [0.1, 0.15) is 6.61 Å². The number of nitrogens with zero attached hydrogens (tertiary/aromatic N) is 2. The molecule has 0 unspecified atom stereocenters. The topological polar surface area (TPSA) is 68.7 Å². The van der Waals surface area contributed by atoms with Gasteiger partial charge in [-0.25, -0.2) is 14.2 Å². The molecular weight excluding hydrogens is 407 g/mol. The van der Waals surface area contributed by atoms with Gasteiger partial charge in [-0.15, -0.1) is 11.3 Å². The Morgan fingerprint density at radius 3 is 2.63 bits per heavy atom. The molecule has 0 aliphatic carbocycles. The fraction of sp³-hybridized carbons (Fsp3) is 0.227. The van der Waals surface area contributed by atoms with Crippen molar-refractivity contribution in [2.45, 2.75) is 27.4 Å². The highest BCUT2D eigenvalue weighted by Crippen LogP contribution is 2.31. The van der Waals surface area contributed by atoms with Crippen molar-refractivity contribution in [3.05, 3.63) is 70.5 Å². The predicted octanol–water partition coefficient (Wildman–Crippen LogP) is 4.71. The van der Waals surface area contributed by atoms with E-state index in [0.717, 1.165) is 16.8 Å². The number of anilines is 2. The van der Waals surface area contributed by atoms with E-state index in [-0.39, 0.29) is 18.3 Å². The van der Waals surface area contributed by atoms with Gasteiger partial charge in [0.25, 0.3) is 0 Å². The molecule has 0 aliphatic rings. The van der Waals surface area contributed by atoms with Crippen LogP contribution in [-0.2, 0) is 20.9 Å². The number of para-hydroxylation sites is 1. The first-order valence-electron chi connectivity index (χ1n) is 9.20. The number of hydrogen-bond donors (Lipinski definition) is 0. The first-order valence-corrected chi connectivity index (χ1v) is 10.1. The molecule has 30 heavy (non-hydrogen) atoms. The lowest BCUT2D eigenvalue weighted by molar-refractivity contribution is -0.147. The number of amides is 1. The Morgan fingerprint density at radius 1 is 1.17 bits per heavy atom. The van der Waals surface area contributed by atoms with Crippen molar-refractivity contribution >= 4 is 34.0 Å². The van der Waals surface area contributed by atoms with Crippen LogP contribution in [0.15, 0.2) is 47.8 Å². The Morgan fingerprint density at radius 2 is 1.93 bits per heavy atom. The number of carbonyl (C=O) groups excluding carboxylic acids is 2. The molecule has 156 valence electrons. The number of aromatic nitrogens is 1. The van der Waals surface area contributed by atoms with Gasteiger partial charge >= 0.3 is 5.97 Å². The zero-order chi connectivity index (χ0) is 21.7. The van der Waals surface area contributed by atoms with E-state index in [1.54, 1.807) is 11.4 Å². The standard InChI is InChI=1S/C22H21FN2O4S/c1-14-8-9-19(15(2)10-14)25(16(3)26)22-24-17(13-30-22)11-29-21(27)12-28-20-7-5-4-6-18(20)23/h4-10,13H,11-12H2,1-3H3. The van der Waals surface area contributed by atoms with Crippen LogP contribution >= 0.6 is 11.3 Å². The van der Waals surface area contributed by atoms with E-state index in [1.165, 1.54) is 41.4 Å². The van der Waals surface area contributed by atoms with Gasteiger partial charge < -0.3 is 9.47 Å². The first kappa shape index (κ1) is 21.4. The average Bonchev–Trinajstić information content (AvgIpc) is 3.16. The second kappa shape index (κ2) is 9.49. The maximum Gasteiger partial charge on any atom is 0.344 e. The summed E-state index contributed by atoms with van der Waals surface area (Å²) in [5, 5.41) is 2.21. The molecule has 2 aromatic carbocycles. The van der Waals surface area contributed by atoms with E-state index in [2.05, 4.69) is 4.98 Å². The van der Waals surface area contributed by atoms with E-state index in [9.17, 15) is 14.0 Å². The first-order chi connectivity index (χ1) is 14.3. The van der Waals surface area contributed by atoms with Crippen LogP contribution in [0.1, 0.15) is 23.7 Å². The lowest BCUT2D eigenvalue weighted by Gasteiger charge is -2.20. The van der Waals surface area contributed by atoms with Gasteiger partial charge in [0, 0.05) is 12.3 Å². The van der Waals surface area contributed by atoms with Gasteiger partial charge in [0.05, 0.1) is 11.4 Å². The van der Waals surface area contributed by atoms with Gasteiger partial charge in [-0.3, -0.25) is 9.69 Å². The number of hydrogen-bond acceptors (Lipinski definition) is 6. The molecule has 3 aromatic rings. The molecule has 1 heterocycles. The number of esters is 1.